The maximum atomic E-state index is 5.36. The molecule has 1 heterocycles. The van der Waals surface area contributed by atoms with Crippen molar-refractivity contribution >= 4 is 0 Å². The van der Waals surface area contributed by atoms with E-state index in [-0.39, 0.29) is 0 Å². The number of nitrogens with one attached hydrogen (secondary N) is 1. The van der Waals surface area contributed by atoms with Crippen molar-refractivity contribution in [2.75, 3.05) is 19.8 Å². The molecule has 0 amide bonds. The van der Waals surface area contributed by atoms with Crippen molar-refractivity contribution in [2.24, 2.45) is 5.92 Å². The van der Waals surface area contributed by atoms with Gasteiger partial charge >= 0.3 is 0 Å². The van der Waals surface area contributed by atoms with E-state index in [2.05, 4.69) is 42.6 Å². The van der Waals surface area contributed by atoms with Gasteiger partial charge in [0.05, 0.1) is 6.61 Å². The Morgan fingerprint density at radius 2 is 2.20 bits per heavy atom. The van der Waals surface area contributed by atoms with Crippen LogP contribution in [0.1, 0.15) is 24.9 Å². The van der Waals surface area contributed by atoms with E-state index in [0.717, 1.165) is 19.8 Å². The van der Waals surface area contributed by atoms with Crippen molar-refractivity contribution in [1.29, 1.82) is 0 Å². The van der Waals surface area contributed by atoms with Crippen LogP contribution >= 0.6 is 0 Å². The summed E-state index contributed by atoms with van der Waals surface area (Å²) in [6, 6.07) is 11.0. The highest BCUT2D eigenvalue weighted by atomic mass is 16.5. The van der Waals surface area contributed by atoms with Gasteiger partial charge in [-0.15, -0.1) is 0 Å². The van der Waals surface area contributed by atoms with Crippen LogP contribution in [0.5, 0.6) is 0 Å². The normalized spacial score (nSPS) is 22.9. The minimum absolute atomic E-state index is 0.437. The molecule has 2 unspecified atom stereocenters. The molecule has 1 fully saturated rings. The average molecular weight is 205 g/mol. The quantitative estimate of drug-likeness (QED) is 0.815. The molecule has 1 aromatic carbocycles. The first-order chi connectivity index (χ1) is 7.36. The van der Waals surface area contributed by atoms with Crippen molar-refractivity contribution < 1.29 is 4.74 Å². The third-order valence-corrected chi connectivity index (χ3v) is 3.04. The number of hydrogen-bond acceptors (Lipinski definition) is 2. The Morgan fingerprint density at radius 3 is 2.87 bits per heavy atom. The maximum Gasteiger partial charge on any atom is 0.0507 e. The molecule has 2 heteroatoms. The van der Waals surface area contributed by atoms with Crippen molar-refractivity contribution in [3.8, 4) is 0 Å². The predicted octanol–water partition coefficient (Wildman–Crippen LogP) is 2.37. The summed E-state index contributed by atoms with van der Waals surface area (Å²) in [6.45, 7) is 5.14. The lowest BCUT2D eigenvalue weighted by molar-refractivity contribution is 0.184. The Hall–Kier alpha value is -0.860. The molecule has 82 valence electrons. The minimum Gasteiger partial charge on any atom is -0.381 e. The lowest BCUT2D eigenvalue weighted by Crippen LogP contribution is -2.25. The molecule has 0 bridgehead atoms. The van der Waals surface area contributed by atoms with Gasteiger partial charge < -0.3 is 10.1 Å². The molecule has 0 aliphatic carbocycles. The summed E-state index contributed by atoms with van der Waals surface area (Å²) in [7, 11) is 0. The van der Waals surface area contributed by atoms with Gasteiger partial charge in [0.1, 0.15) is 0 Å². The average Bonchev–Trinajstić information content (AvgIpc) is 2.80. The fraction of sp³-hybridized carbons (Fsp3) is 0.538. The zero-order chi connectivity index (χ0) is 10.5. The molecule has 1 aliphatic heterocycles. The molecule has 2 atom stereocenters. The number of ether oxygens (including phenoxy) is 1. The highest BCUT2D eigenvalue weighted by Crippen LogP contribution is 2.15. The van der Waals surface area contributed by atoms with Gasteiger partial charge in [-0.05, 0) is 24.8 Å². The van der Waals surface area contributed by atoms with E-state index in [1.807, 2.05) is 0 Å². The number of rotatable bonds is 4. The standard InChI is InChI=1S/C13H19NO/c1-11(13-5-3-2-4-6-13)14-9-12-7-8-15-10-12/h2-6,11-12,14H,7-10H2,1H3. The molecule has 1 N–H and O–H groups in total. The van der Waals surface area contributed by atoms with Crippen molar-refractivity contribution in [2.45, 2.75) is 19.4 Å². The first kappa shape index (κ1) is 10.7. The second kappa shape index (κ2) is 5.29. The molecule has 1 aromatic rings. The number of hydrogen-bond donors (Lipinski definition) is 1. The SMILES string of the molecule is CC(NCC1CCOC1)c1ccccc1. The van der Waals surface area contributed by atoms with E-state index in [9.17, 15) is 0 Å². The van der Waals surface area contributed by atoms with E-state index < -0.39 is 0 Å². The minimum atomic E-state index is 0.437. The fourth-order valence-electron chi connectivity index (χ4n) is 1.95. The predicted molar refractivity (Wildman–Crippen MR) is 61.8 cm³/mol. The third kappa shape index (κ3) is 3.05. The van der Waals surface area contributed by atoms with E-state index >= 15 is 0 Å². The van der Waals surface area contributed by atoms with Crippen molar-refractivity contribution in [3.63, 3.8) is 0 Å². The van der Waals surface area contributed by atoms with Crippen molar-refractivity contribution in [1.82, 2.24) is 5.32 Å². The van der Waals surface area contributed by atoms with E-state index in [1.54, 1.807) is 0 Å². The van der Waals surface area contributed by atoms with Crippen LogP contribution in [0.4, 0.5) is 0 Å². The first-order valence-corrected chi connectivity index (χ1v) is 5.72. The highest BCUT2D eigenvalue weighted by Gasteiger charge is 2.16. The van der Waals surface area contributed by atoms with Gasteiger partial charge in [0.2, 0.25) is 0 Å². The van der Waals surface area contributed by atoms with Gasteiger partial charge in [0.25, 0.3) is 0 Å². The largest absolute Gasteiger partial charge is 0.381 e. The van der Waals surface area contributed by atoms with Crippen LogP contribution < -0.4 is 5.32 Å². The summed E-state index contributed by atoms with van der Waals surface area (Å²) in [5.74, 6) is 0.705. The van der Waals surface area contributed by atoms with Gasteiger partial charge in [-0.3, -0.25) is 0 Å². The van der Waals surface area contributed by atoms with Gasteiger partial charge in [-0.25, -0.2) is 0 Å². The maximum absolute atomic E-state index is 5.36. The van der Waals surface area contributed by atoms with Crippen LogP contribution in [0, 0.1) is 5.92 Å². The zero-order valence-electron chi connectivity index (χ0n) is 9.28. The topological polar surface area (TPSA) is 21.3 Å². The van der Waals surface area contributed by atoms with Crippen LogP contribution in [0.25, 0.3) is 0 Å². The molecule has 1 aliphatic rings. The van der Waals surface area contributed by atoms with Crippen LogP contribution in [0.15, 0.2) is 30.3 Å². The van der Waals surface area contributed by atoms with Crippen molar-refractivity contribution in [3.05, 3.63) is 35.9 Å². The molecule has 0 aromatic heterocycles. The molecule has 2 rings (SSSR count). The van der Waals surface area contributed by atoms with Crippen LogP contribution in [0.2, 0.25) is 0 Å². The molecular weight excluding hydrogens is 186 g/mol. The Bertz CT molecular complexity index is 280. The van der Waals surface area contributed by atoms with Crippen LogP contribution in [-0.4, -0.2) is 19.8 Å². The summed E-state index contributed by atoms with van der Waals surface area (Å²) in [5.41, 5.74) is 1.36. The van der Waals surface area contributed by atoms with Gasteiger partial charge in [-0.1, -0.05) is 30.3 Å². The third-order valence-electron chi connectivity index (χ3n) is 3.04. The zero-order valence-corrected chi connectivity index (χ0v) is 9.28. The molecular formula is C13H19NO. The Labute approximate surface area is 91.6 Å². The highest BCUT2D eigenvalue weighted by molar-refractivity contribution is 5.17. The molecule has 0 spiro atoms. The Balaban J connectivity index is 1.79. The fourth-order valence-corrected chi connectivity index (χ4v) is 1.95. The molecule has 15 heavy (non-hydrogen) atoms. The number of benzene rings is 1. The van der Waals surface area contributed by atoms with E-state index in [1.165, 1.54) is 12.0 Å². The summed E-state index contributed by atoms with van der Waals surface area (Å²) in [4.78, 5) is 0. The molecule has 2 nitrogen and oxygen atoms in total. The van der Waals surface area contributed by atoms with E-state index in [4.69, 9.17) is 4.74 Å². The lowest BCUT2D eigenvalue weighted by atomic mass is 10.1. The van der Waals surface area contributed by atoms with Gasteiger partial charge in [-0.2, -0.15) is 0 Å². The van der Waals surface area contributed by atoms with E-state index in [0.29, 0.717) is 12.0 Å². The van der Waals surface area contributed by atoms with Crippen LogP contribution in [0.3, 0.4) is 0 Å². The summed E-state index contributed by atoms with van der Waals surface area (Å²) >= 11 is 0. The molecule has 1 saturated heterocycles. The summed E-state index contributed by atoms with van der Waals surface area (Å²) in [5, 5.41) is 3.56. The lowest BCUT2D eigenvalue weighted by Gasteiger charge is -2.16. The second-order valence-electron chi connectivity index (χ2n) is 4.27. The summed E-state index contributed by atoms with van der Waals surface area (Å²) in [6.07, 6.45) is 1.20. The van der Waals surface area contributed by atoms with Gasteiger partial charge in [0.15, 0.2) is 0 Å². The van der Waals surface area contributed by atoms with Crippen LogP contribution in [-0.2, 0) is 4.74 Å². The first-order valence-electron chi connectivity index (χ1n) is 5.72. The Morgan fingerprint density at radius 1 is 1.40 bits per heavy atom. The van der Waals surface area contributed by atoms with Gasteiger partial charge in [0, 0.05) is 19.2 Å². The second-order valence-corrected chi connectivity index (χ2v) is 4.27. The Kier molecular flexibility index (Phi) is 3.75. The smallest absolute Gasteiger partial charge is 0.0507 e. The summed E-state index contributed by atoms with van der Waals surface area (Å²) < 4.78 is 5.36. The molecule has 0 saturated carbocycles. The molecule has 0 radical (unpaired) electrons. The monoisotopic (exact) mass is 205 g/mol.